The molecule has 0 fully saturated rings. The van der Waals surface area contributed by atoms with Crippen LogP contribution in [-0.2, 0) is 31.1 Å². The van der Waals surface area contributed by atoms with E-state index in [2.05, 4.69) is 8.37 Å². The molecule has 0 bridgehead atoms. The van der Waals surface area contributed by atoms with Crippen molar-refractivity contribution in [3.8, 4) is 0 Å². The van der Waals surface area contributed by atoms with Crippen molar-refractivity contribution in [3.05, 3.63) is 0 Å². The zero-order valence-corrected chi connectivity index (χ0v) is 10.2. The summed E-state index contributed by atoms with van der Waals surface area (Å²) < 4.78 is 105. The van der Waals surface area contributed by atoms with E-state index in [0.717, 1.165) is 0 Å². The van der Waals surface area contributed by atoms with Crippen LogP contribution >= 0.6 is 0 Å². The van der Waals surface area contributed by atoms with Gasteiger partial charge in [-0.1, -0.05) is 0 Å². The Morgan fingerprint density at radius 3 is 0.889 bits per heavy atom. The molecule has 0 amide bonds. The van der Waals surface area contributed by atoms with Gasteiger partial charge in [-0.2, -0.15) is 0 Å². The molecule has 0 spiro atoms. The molecule has 0 N–H and O–H groups in total. The fourth-order valence-corrected chi connectivity index (χ4v) is 0.463. The fraction of sp³-hybridized carbons (Fsp3) is 1.00. The molecule has 0 aliphatic rings. The van der Waals surface area contributed by atoms with Crippen molar-refractivity contribution >= 4 is 22.7 Å². The van der Waals surface area contributed by atoms with Crippen molar-refractivity contribution in [3.63, 3.8) is 0 Å². The van der Waals surface area contributed by atoms with Crippen molar-refractivity contribution in [2.75, 3.05) is 0 Å². The number of alkyl halides is 6. The van der Waals surface area contributed by atoms with Gasteiger partial charge in [0.2, 0.25) is 0 Å². The summed E-state index contributed by atoms with van der Waals surface area (Å²) in [4.78, 5) is 0. The molecular formula is C2F6Li2O6S2. The van der Waals surface area contributed by atoms with E-state index in [1.807, 2.05) is 0 Å². The summed E-state index contributed by atoms with van der Waals surface area (Å²) in [5.74, 6) is 0. The molecule has 18 heavy (non-hydrogen) atoms. The van der Waals surface area contributed by atoms with E-state index in [9.17, 15) is 26.3 Å². The average molecular weight is 312 g/mol. The van der Waals surface area contributed by atoms with Crippen LogP contribution in [0.15, 0.2) is 0 Å². The number of hydrogen-bond donors (Lipinski definition) is 0. The molecule has 0 radical (unpaired) electrons. The molecule has 0 aliphatic carbocycles. The van der Waals surface area contributed by atoms with E-state index in [-0.39, 0.29) is 37.7 Å². The zero-order chi connectivity index (χ0) is 13.6. The molecule has 0 aromatic rings. The quantitative estimate of drug-likeness (QED) is 0.287. The summed E-state index contributed by atoms with van der Waals surface area (Å²) in [5.41, 5.74) is 0. The zero-order valence-electron chi connectivity index (χ0n) is 8.53. The van der Waals surface area contributed by atoms with Crippen LogP contribution in [0.5, 0.6) is 0 Å². The van der Waals surface area contributed by atoms with Gasteiger partial charge in [0.1, 0.15) is 0 Å². The molecule has 2 atom stereocenters. The van der Waals surface area contributed by atoms with E-state index >= 15 is 0 Å². The van der Waals surface area contributed by atoms with Gasteiger partial charge in [-0.05, 0) is 0 Å². The molecule has 0 aliphatic heterocycles. The van der Waals surface area contributed by atoms with E-state index in [0.29, 0.717) is 0 Å². The van der Waals surface area contributed by atoms with Crippen molar-refractivity contribution in [1.82, 2.24) is 0 Å². The Morgan fingerprint density at radius 1 is 0.722 bits per heavy atom. The summed E-state index contributed by atoms with van der Waals surface area (Å²) >= 11 is -7.02. The summed E-state index contributed by atoms with van der Waals surface area (Å²) in [6.45, 7) is 0. The molecule has 2 unspecified atom stereocenters. The smallest absolute Gasteiger partial charge is 0.750 e. The van der Waals surface area contributed by atoms with Gasteiger partial charge in [0.15, 0.2) is 0 Å². The molecule has 6 nitrogen and oxygen atoms in total. The molecule has 0 rings (SSSR count). The van der Waals surface area contributed by atoms with E-state index in [4.69, 9.17) is 17.5 Å². The third-order valence-electron chi connectivity index (χ3n) is 0.325. The molecule has 0 saturated heterocycles. The Bertz CT molecular complexity index is 229. The van der Waals surface area contributed by atoms with Crippen LogP contribution in [0, 0.1) is 0 Å². The number of halogens is 6. The monoisotopic (exact) mass is 312 g/mol. The minimum absolute atomic E-state index is 0. The van der Waals surface area contributed by atoms with Crippen molar-refractivity contribution in [1.29, 1.82) is 0 Å². The normalized spacial score (nSPS) is 14.2. The maximum absolute atomic E-state index is 10.7. The van der Waals surface area contributed by atoms with Crippen LogP contribution < -0.4 is 37.7 Å². The Labute approximate surface area is 125 Å². The Morgan fingerprint density at radius 2 is 0.889 bits per heavy atom. The molecule has 0 heterocycles. The van der Waals surface area contributed by atoms with E-state index < -0.39 is 35.4 Å². The third-order valence-corrected chi connectivity index (χ3v) is 0.975. The van der Waals surface area contributed by atoms with Gasteiger partial charge in [0.05, 0.1) is 22.7 Å². The second kappa shape index (κ2) is 11.7. The SMILES string of the molecule is O=S([O-])OC(F)(F)F.O=S([O-])OC(F)(F)F.[Li+].[Li+]. The van der Waals surface area contributed by atoms with Gasteiger partial charge in [-0.15, -0.1) is 26.3 Å². The first-order valence-electron chi connectivity index (χ1n) is 2.54. The molecule has 0 aromatic heterocycles. The molecule has 0 saturated carbocycles. The van der Waals surface area contributed by atoms with Crippen LogP contribution in [0.1, 0.15) is 0 Å². The van der Waals surface area contributed by atoms with Crippen molar-refractivity contribution < 1.29 is 90.0 Å². The van der Waals surface area contributed by atoms with Gasteiger partial charge < -0.3 is 9.11 Å². The summed E-state index contributed by atoms with van der Waals surface area (Å²) in [6.07, 6.45) is -10.2. The first kappa shape index (κ1) is 27.3. The van der Waals surface area contributed by atoms with Gasteiger partial charge in [0, 0.05) is 0 Å². The Balaban J connectivity index is -0.0000000980. The van der Waals surface area contributed by atoms with Gasteiger partial charge in [-0.25, -0.2) is 16.8 Å². The van der Waals surface area contributed by atoms with Crippen LogP contribution in [-0.4, -0.2) is 30.2 Å². The van der Waals surface area contributed by atoms with Crippen molar-refractivity contribution in [2.24, 2.45) is 0 Å². The van der Waals surface area contributed by atoms with Gasteiger partial charge >= 0.3 is 50.4 Å². The average Bonchev–Trinajstić information content (AvgIpc) is 1.72. The van der Waals surface area contributed by atoms with Gasteiger partial charge in [0.25, 0.3) is 0 Å². The minimum atomic E-state index is -5.09. The van der Waals surface area contributed by atoms with E-state index in [1.54, 1.807) is 0 Å². The third kappa shape index (κ3) is 36.0. The standard InChI is InChI=1S/2CHF3O3S.2Li/c2*2-1(3,4)7-8(5)6;;/h2*(H,5,6);;/q;;2*+1/p-2. The summed E-state index contributed by atoms with van der Waals surface area (Å²) in [7, 11) is 0. The van der Waals surface area contributed by atoms with Gasteiger partial charge in [-0.3, -0.25) is 0 Å². The number of hydrogen-bond acceptors (Lipinski definition) is 6. The molecule has 16 heteroatoms. The van der Waals surface area contributed by atoms with Crippen LogP contribution in [0.4, 0.5) is 26.3 Å². The van der Waals surface area contributed by atoms with E-state index in [1.165, 1.54) is 0 Å². The maximum Gasteiger partial charge on any atom is 1.00 e. The second-order valence-corrected chi connectivity index (χ2v) is 2.62. The van der Waals surface area contributed by atoms with Crippen LogP contribution in [0.25, 0.3) is 0 Å². The second-order valence-electron chi connectivity index (χ2n) is 1.47. The fourth-order valence-electron chi connectivity index (χ4n) is 0.154. The molecule has 0 aromatic carbocycles. The Kier molecular flexibility index (Phi) is 17.8. The molecule has 100 valence electrons. The topological polar surface area (TPSA) is 98.7 Å². The predicted molar refractivity (Wildman–Crippen MR) is 32.1 cm³/mol. The Hall–Kier alpha value is 0.915. The maximum atomic E-state index is 10.7. The largest absolute Gasteiger partial charge is 1.00 e. The first-order chi connectivity index (χ1) is 6.83. The minimum Gasteiger partial charge on any atom is -0.750 e. The summed E-state index contributed by atoms with van der Waals surface area (Å²) in [6, 6.07) is 0. The number of rotatable bonds is 2. The van der Waals surface area contributed by atoms with Crippen LogP contribution in [0.2, 0.25) is 0 Å². The molecular weight excluding hydrogens is 312 g/mol. The van der Waals surface area contributed by atoms with Crippen molar-refractivity contribution in [2.45, 2.75) is 12.7 Å². The predicted octanol–water partition coefficient (Wildman–Crippen LogP) is -5.36. The van der Waals surface area contributed by atoms with Crippen LogP contribution in [0.3, 0.4) is 0 Å². The first-order valence-corrected chi connectivity index (χ1v) is 4.54. The summed E-state index contributed by atoms with van der Waals surface area (Å²) in [5, 5.41) is 0.